The quantitative estimate of drug-likeness (QED) is 0.782. The van der Waals surface area contributed by atoms with E-state index < -0.39 is 0 Å². The molecule has 0 heterocycles. The number of nitrogens with one attached hydrogen (secondary N) is 1. The van der Waals surface area contributed by atoms with Crippen LogP contribution in [0.1, 0.15) is 38.8 Å². The molecule has 1 aromatic rings. The first kappa shape index (κ1) is 12.2. The summed E-state index contributed by atoms with van der Waals surface area (Å²) in [7, 11) is 0. The Morgan fingerprint density at radius 1 is 1.20 bits per heavy atom. The second-order valence-corrected chi connectivity index (χ2v) is 4.19. The van der Waals surface area contributed by atoms with Crippen LogP contribution < -0.4 is 5.32 Å². The molecule has 0 saturated heterocycles. The van der Waals surface area contributed by atoms with E-state index in [0.717, 1.165) is 12.1 Å². The van der Waals surface area contributed by atoms with Crippen molar-refractivity contribution in [1.82, 2.24) is 5.32 Å². The van der Waals surface area contributed by atoms with Crippen molar-refractivity contribution in [2.75, 3.05) is 6.54 Å². The van der Waals surface area contributed by atoms with E-state index in [2.05, 4.69) is 26.1 Å². The highest BCUT2D eigenvalue weighted by Gasteiger charge is 2.06. The van der Waals surface area contributed by atoms with Crippen LogP contribution in [0.4, 0.5) is 4.39 Å². The minimum atomic E-state index is -0.173. The van der Waals surface area contributed by atoms with Crippen molar-refractivity contribution >= 4 is 0 Å². The van der Waals surface area contributed by atoms with Gasteiger partial charge in [-0.3, -0.25) is 0 Å². The fraction of sp³-hybridized carbons (Fsp3) is 0.538. The molecule has 0 aliphatic carbocycles. The zero-order valence-electron chi connectivity index (χ0n) is 9.76. The summed E-state index contributed by atoms with van der Waals surface area (Å²) in [6, 6.07) is 6.99. The summed E-state index contributed by atoms with van der Waals surface area (Å²) in [5, 5.41) is 3.45. The van der Waals surface area contributed by atoms with Gasteiger partial charge in [0.1, 0.15) is 5.82 Å². The molecule has 1 aromatic carbocycles. The highest BCUT2D eigenvalue weighted by Crippen LogP contribution is 2.13. The third kappa shape index (κ3) is 4.00. The van der Waals surface area contributed by atoms with Crippen molar-refractivity contribution in [1.29, 1.82) is 0 Å². The summed E-state index contributed by atoms with van der Waals surface area (Å²) in [6.07, 6.45) is 1.18. The predicted molar refractivity (Wildman–Crippen MR) is 62.3 cm³/mol. The molecule has 84 valence electrons. The highest BCUT2D eigenvalue weighted by atomic mass is 19.1. The van der Waals surface area contributed by atoms with Gasteiger partial charge in [-0.15, -0.1) is 0 Å². The lowest BCUT2D eigenvalue weighted by Crippen LogP contribution is -2.24. The summed E-state index contributed by atoms with van der Waals surface area (Å²) in [5.74, 6) is 0.515. The van der Waals surface area contributed by atoms with E-state index in [1.807, 2.05) is 12.1 Å². The molecule has 2 unspecified atom stereocenters. The van der Waals surface area contributed by atoms with Gasteiger partial charge >= 0.3 is 0 Å². The minimum absolute atomic E-state index is 0.173. The average molecular weight is 209 g/mol. The summed E-state index contributed by atoms with van der Waals surface area (Å²) in [5.41, 5.74) is 1.14. The highest BCUT2D eigenvalue weighted by molar-refractivity contribution is 5.19. The topological polar surface area (TPSA) is 12.0 Å². The average Bonchev–Trinajstić information content (AvgIpc) is 2.26. The van der Waals surface area contributed by atoms with E-state index in [0.29, 0.717) is 12.0 Å². The molecular formula is C13H20FN. The molecule has 0 aromatic heterocycles. The first-order valence-electron chi connectivity index (χ1n) is 5.62. The third-order valence-corrected chi connectivity index (χ3v) is 2.84. The van der Waals surface area contributed by atoms with Gasteiger partial charge in [-0.2, -0.15) is 0 Å². The van der Waals surface area contributed by atoms with E-state index in [-0.39, 0.29) is 5.82 Å². The van der Waals surface area contributed by atoms with Gasteiger partial charge < -0.3 is 5.32 Å². The van der Waals surface area contributed by atoms with Crippen LogP contribution in [-0.2, 0) is 0 Å². The van der Waals surface area contributed by atoms with Gasteiger partial charge in [0.15, 0.2) is 0 Å². The number of rotatable bonds is 5. The van der Waals surface area contributed by atoms with Crippen LogP contribution in [0.2, 0.25) is 0 Å². The molecular weight excluding hydrogens is 189 g/mol. The third-order valence-electron chi connectivity index (χ3n) is 2.84. The van der Waals surface area contributed by atoms with Crippen molar-refractivity contribution in [3.05, 3.63) is 35.6 Å². The first-order chi connectivity index (χ1) is 7.13. The van der Waals surface area contributed by atoms with Crippen LogP contribution in [0.5, 0.6) is 0 Å². The van der Waals surface area contributed by atoms with Crippen molar-refractivity contribution in [3.8, 4) is 0 Å². The van der Waals surface area contributed by atoms with Crippen LogP contribution in [0.25, 0.3) is 0 Å². The SMILES string of the molecule is CCC(C)CNC(C)c1ccc(F)cc1. The Bertz CT molecular complexity index is 281. The van der Waals surface area contributed by atoms with Gasteiger partial charge in [-0.1, -0.05) is 32.4 Å². The molecule has 0 saturated carbocycles. The second-order valence-electron chi connectivity index (χ2n) is 4.19. The summed E-state index contributed by atoms with van der Waals surface area (Å²) in [4.78, 5) is 0. The second kappa shape index (κ2) is 5.86. The Morgan fingerprint density at radius 2 is 1.80 bits per heavy atom. The molecule has 0 spiro atoms. The van der Waals surface area contributed by atoms with E-state index in [9.17, 15) is 4.39 Å². The molecule has 15 heavy (non-hydrogen) atoms. The lowest BCUT2D eigenvalue weighted by Gasteiger charge is -2.17. The summed E-state index contributed by atoms with van der Waals surface area (Å²) < 4.78 is 12.7. The van der Waals surface area contributed by atoms with Gasteiger partial charge in [-0.25, -0.2) is 4.39 Å². The zero-order chi connectivity index (χ0) is 11.3. The van der Waals surface area contributed by atoms with E-state index >= 15 is 0 Å². The maximum absolute atomic E-state index is 12.7. The monoisotopic (exact) mass is 209 g/mol. The maximum atomic E-state index is 12.7. The van der Waals surface area contributed by atoms with E-state index in [4.69, 9.17) is 0 Å². The fourth-order valence-electron chi connectivity index (χ4n) is 1.39. The predicted octanol–water partition coefficient (Wildman–Crippen LogP) is 3.52. The maximum Gasteiger partial charge on any atom is 0.123 e. The molecule has 2 heteroatoms. The first-order valence-corrected chi connectivity index (χ1v) is 5.62. The van der Waals surface area contributed by atoms with Crippen molar-refractivity contribution in [2.24, 2.45) is 5.92 Å². The minimum Gasteiger partial charge on any atom is -0.310 e. The van der Waals surface area contributed by atoms with Gasteiger partial charge in [0, 0.05) is 6.04 Å². The van der Waals surface area contributed by atoms with Crippen LogP contribution in [0.3, 0.4) is 0 Å². The molecule has 0 aliphatic rings. The standard InChI is InChI=1S/C13H20FN/c1-4-10(2)9-15-11(3)12-5-7-13(14)8-6-12/h5-8,10-11,15H,4,9H2,1-3H3. The molecule has 1 N–H and O–H groups in total. The van der Waals surface area contributed by atoms with Crippen molar-refractivity contribution in [3.63, 3.8) is 0 Å². The largest absolute Gasteiger partial charge is 0.310 e. The zero-order valence-corrected chi connectivity index (χ0v) is 9.76. The Morgan fingerprint density at radius 3 is 2.33 bits per heavy atom. The van der Waals surface area contributed by atoms with E-state index in [1.165, 1.54) is 18.6 Å². The molecule has 0 amide bonds. The molecule has 1 rings (SSSR count). The van der Waals surface area contributed by atoms with Crippen LogP contribution in [-0.4, -0.2) is 6.54 Å². The lowest BCUT2D eigenvalue weighted by molar-refractivity contribution is 0.460. The van der Waals surface area contributed by atoms with E-state index in [1.54, 1.807) is 0 Å². The summed E-state index contributed by atoms with van der Waals surface area (Å²) in [6.45, 7) is 7.53. The molecule has 2 atom stereocenters. The van der Waals surface area contributed by atoms with Crippen LogP contribution in [0.15, 0.2) is 24.3 Å². The molecule has 0 aliphatic heterocycles. The number of hydrogen-bond donors (Lipinski definition) is 1. The Balaban J connectivity index is 2.46. The number of benzene rings is 1. The Hall–Kier alpha value is -0.890. The van der Waals surface area contributed by atoms with Crippen LogP contribution >= 0.6 is 0 Å². The van der Waals surface area contributed by atoms with Gasteiger partial charge in [0.25, 0.3) is 0 Å². The van der Waals surface area contributed by atoms with Gasteiger partial charge in [0.2, 0.25) is 0 Å². The lowest BCUT2D eigenvalue weighted by atomic mass is 10.1. The van der Waals surface area contributed by atoms with Gasteiger partial charge in [-0.05, 0) is 37.1 Å². The van der Waals surface area contributed by atoms with Crippen LogP contribution in [0, 0.1) is 11.7 Å². The Kier molecular flexibility index (Phi) is 4.76. The molecule has 1 nitrogen and oxygen atoms in total. The smallest absolute Gasteiger partial charge is 0.123 e. The molecule has 0 fully saturated rings. The normalized spacial score (nSPS) is 14.9. The van der Waals surface area contributed by atoms with Crippen molar-refractivity contribution in [2.45, 2.75) is 33.2 Å². The number of halogens is 1. The summed E-state index contributed by atoms with van der Waals surface area (Å²) >= 11 is 0. The van der Waals surface area contributed by atoms with Gasteiger partial charge in [0.05, 0.1) is 0 Å². The molecule has 0 bridgehead atoms. The van der Waals surface area contributed by atoms with Crippen molar-refractivity contribution < 1.29 is 4.39 Å². The number of hydrogen-bond acceptors (Lipinski definition) is 1. The molecule has 0 radical (unpaired) electrons. The fourth-order valence-corrected chi connectivity index (χ4v) is 1.39. The Labute approximate surface area is 91.7 Å².